The molecule has 3 heterocycles. The highest BCUT2D eigenvalue weighted by molar-refractivity contribution is 6.10. The van der Waals surface area contributed by atoms with E-state index in [1.54, 1.807) is 12.4 Å². The quantitative estimate of drug-likeness (QED) is 0.617. The van der Waals surface area contributed by atoms with Crippen molar-refractivity contribution in [1.82, 2.24) is 19.9 Å². The molecule has 1 aliphatic heterocycles. The molecule has 27 heavy (non-hydrogen) atoms. The molecule has 4 rings (SSSR count). The largest absolute Gasteiger partial charge is 0.378 e. The van der Waals surface area contributed by atoms with Crippen molar-refractivity contribution < 1.29 is 4.74 Å². The summed E-state index contributed by atoms with van der Waals surface area (Å²) < 4.78 is 5.39. The second-order valence-electron chi connectivity index (χ2n) is 6.47. The van der Waals surface area contributed by atoms with Crippen molar-refractivity contribution >= 4 is 11.5 Å². The Morgan fingerprint density at radius 3 is 2.67 bits per heavy atom. The van der Waals surface area contributed by atoms with Crippen LogP contribution in [0.2, 0.25) is 0 Å². The molecule has 2 aliphatic rings. The average molecular weight is 363 g/mol. The second-order valence-corrected chi connectivity index (χ2v) is 6.47. The van der Waals surface area contributed by atoms with Gasteiger partial charge in [-0.25, -0.2) is 19.9 Å². The summed E-state index contributed by atoms with van der Waals surface area (Å²) >= 11 is 0. The maximum absolute atomic E-state index is 8.67. The van der Waals surface area contributed by atoms with Crippen LogP contribution in [0.15, 0.2) is 54.9 Å². The van der Waals surface area contributed by atoms with Gasteiger partial charge in [0.1, 0.15) is 18.5 Å². The van der Waals surface area contributed by atoms with Gasteiger partial charge in [0.25, 0.3) is 0 Å². The molecule has 8 nitrogen and oxygen atoms in total. The molecule has 138 valence electrons. The lowest BCUT2D eigenvalue weighted by atomic mass is 9.87. The third kappa shape index (κ3) is 3.76. The van der Waals surface area contributed by atoms with Crippen LogP contribution in [0.5, 0.6) is 0 Å². The average Bonchev–Trinajstić information content (AvgIpc) is 2.75. The number of nitrogens with two attached hydrogens (primary N) is 1. The van der Waals surface area contributed by atoms with Crippen LogP contribution in [-0.4, -0.2) is 58.0 Å². The van der Waals surface area contributed by atoms with Crippen LogP contribution in [0.25, 0.3) is 0 Å². The van der Waals surface area contributed by atoms with E-state index < -0.39 is 0 Å². The molecule has 8 heteroatoms. The molecule has 1 saturated heterocycles. The number of hydrogen-bond donors (Lipinski definition) is 2. The van der Waals surface area contributed by atoms with Crippen LogP contribution in [0.4, 0.5) is 5.82 Å². The monoisotopic (exact) mass is 363 g/mol. The summed E-state index contributed by atoms with van der Waals surface area (Å²) in [4.78, 5) is 18.9. The molecule has 0 radical (unpaired) electrons. The summed E-state index contributed by atoms with van der Waals surface area (Å²) in [5.41, 5.74) is 8.81. The number of morpholine rings is 1. The molecule has 2 aromatic rings. The van der Waals surface area contributed by atoms with Crippen molar-refractivity contribution in [3.63, 3.8) is 0 Å². The SMILES string of the molecule is N=C(C1=CC(c2cncnc2)C=CC1N)c1cc(N2CCOCC2)ncn1. The minimum absolute atomic E-state index is 0.0121. The maximum atomic E-state index is 8.67. The van der Waals surface area contributed by atoms with E-state index in [0.717, 1.165) is 30.0 Å². The van der Waals surface area contributed by atoms with E-state index in [4.69, 9.17) is 15.9 Å². The van der Waals surface area contributed by atoms with Crippen LogP contribution in [0.3, 0.4) is 0 Å². The number of allylic oxidation sites excluding steroid dienone is 2. The van der Waals surface area contributed by atoms with Gasteiger partial charge in [0.05, 0.1) is 30.7 Å². The van der Waals surface area contributed by atoms with Crippen LogP contribution < -0.4 is 10.6 Å². The van der Waals surface area contributed by atoms with Crippen molar-refractivity contribution in [3.05, 3.63) is 66.2 Å². The fourth-order valence-corrected chi connectivity index (χ4v) is 3.24. The van der Waals surface area contributed by atoms with Crippen molar-refractivity contribution in [2.75, 3.05) is 31.2 Å². The number of anilines is 1. The summed E-state index contributed by atoms with van der Waals surface area (Å²) in [5, 5.41) is 8.67. The molecular formula is C19H21N7O. The number of aromatic nitrogens is 4. The number of ether oxygens (including phenoxy) is 1. The number of rotatable bonds is 4. The highest BCUT2D eigenvalue weighted by atomic mass is 16.5. The van der Waals surface area contributed by atoms with E-state index in [1.807, 2.05) is 24.3 Å². The molecule has 2 aromatic heterocycles. The Labute approximate surface area is 157 Å². The van der Waals surface area contributed by atoms with E-state index in [2.05, 4.69) is 24.8 Å². The summed E-state index contributed by atoms with van der Waals surface area (Å²) in [5.74, 6) is 0.795. The smallest absolute Gasteiger partial charge is 0.132 e. The predicted octanol–water partition coefficient (Wildman–Crippen LogP) is 1.08. The molecule has 0 aromatic carbocycles. The van der Waals surface area contributed by atoms with Gasteiger partial charge in [-0.05, 0) is 11.1 Å². The minimum atomic E-state index is -0.347. The normalized spacial score (nSPS) is 22.4. The Hall–Kier alpha value is -2.97. The standard InChI is InChI=1S/C19H21N7O/c20-16-2-1-13(14-9-22-11-23-10-14)7-15(16)19(21)17-8-18(25-12-24-17)26-3-5-27-6-4-26/h1-2,7-13,16,21H,3-6,20H2. The van der Waals surface area contributed by atoms with Crippen molar-refractivity contribution in [2.24, 2.45) is 5.73 Å². The number of nitrogens with zero attached hydrogens (tertiary/aromatic N) is 5. The minimum Gasteiger partial charge on any atom is -0.378 e. The van der Waals surface area contributed by atoms with E-state index in [1.165, 1.54) is 12.7 Å². The van der Waals surface area contributed by atoms with Gasteiger partial charge in [-0.2, -0.15) is 0 Å². The number of nitrogens with one attached hydrogen (secondary N) is 1. The van der Waals surface area contributed by atoms with Gasteiger partial charge >= 0.3 is 0 Å². The van der Waals surface area contributed by atoms with Crippen LogP contribution in [-0.2, 0) is 4.74 Å². The lowest BCUT2D eigenvalue weighted by molar-refractivity contribution is 0.122. The first kappa shape index (κ1) is 17.4. The lowest BCUT2D eigenvalue weighted by Gasteiger charge is -2.28. The third-order valence-electron chi connectivity index (χ3n) is 4.74. The van der Waals surface area contributed by atoms with Gasteiger partial charge in [-0.1, -0.05) is 18.2 Å². The molecule has 0 amide bonds. The summed E-state index contributed by atoms with van der Waals surface area (Å²) in [6.07, 6.45) is 12.5. The maximum Gasteiger partial charge on any atom is 0.132 e. The topological polar surface area (TPSA) is 114 Å². The Morgan fingerprint density at radius 2 is 1.89 bits per heavy atom. The van der Waals surface area contributed by atoms with E-state index in [0.29, 0.717) is 24.6 Å². The zero-order chi connectivity index (χ0) is 18.6. The zero-order valence-corrected chi connectivity index (χ0v) is 14.8. The Bertz CT molecular complexity index is 875. The summed E-state index contributed by atoms with van der Waals surface area (Å²) in [6, 6.07) is 1.50. The predicted molar refractivity (Wildman–Crippen MR) is 102 cm³/mol. The molecular weight excluding hydrogens is 342 g/mol. The molecule has 0 spiro atoms. The van der Waals surface area contributed by atoms with Gasteiger partial charge in [-0.3, -0.25) is 5.41 Å². The van der Waals surface area contributed by atoms with E-state index in [9.17, 15) is 0 Å². The van der Waals surface area contributed by atoms with Crippen molar-refractivity contribution in [1.29, 1.82) is 5.41 Å². The Kier molecular flexibility index (Phi) is 4.99. The zero-order valence-electron chi connectivity index (χ0n) is 14.8. The van der Waals surface area contributed by atoms with Crippen molar-refractivity contribution in [2.45, 2.75) is 12.0 Å². The van der Waals surface area contributed by atoms with Crippen LogP contribution in [0.1, 0.15) is 17.2 Å². The van der Waals surface area contributed by atoms with Crippen LogP contribution in [0, 0.1) is 5.41 Å². The van der Waals surface area contributed by atoms with Gasteiger partial charge < -0.3 is 15.4 Å². The Balaban J connectivity index is 1.60. The van der Waals surface area contributed by atoms with Gasteiger partial charge in [0.15, 0.2) is 0 Å². The van der Waals surface area contributed by atoms with E-state index >= 15 is 0 Å². The molecule has 0 saturated carbocycles. The molecule has 1 fully saturated rings. The fraction of sp³-hybridized carbons (Fsp3) is 0.316. The highest BCUT2D eigenvalue weighted by Crippen LogP contribution is 2.26. The highest BCUT2D eigenvalue weighted by Gasteiger charge is 2.22. The number of hydrogen-bond acceptors (Lipinski definition) is 8. The third-order valence-corrected chi connectivity index (χ3v) is 4.74. The lowest BCUT2D eigenvalue weighted by Crippen LogP contribution is -2.37. The molecule has 2 unspecified atom stereocenters. The van der Waals surface area contributed by atoms with Crippen molar-refractivity contribution in [3.8, 4) is 0 Å². The summed E-state index contributed by atoms with van der Waals surface area (Å²) in [6.45, 7) is 2.92. The first-order valence-electron chi connectivity index (χ1n) is 8.87. The first-order valence-corrected chi connectivity index (χ1v) is 8.87. The first-order chi connectivity index (χ1) is 13.2. The molecule has 0 bridgehead atoms. The van der Waals surface area contributed by atoms with E-state index in [-0.39, 0.29) is 12.0 Å². The fourth-order valence-electron chi connectivity index (χ4n) is 3.24. The Morgan fingerprint density at radius 1 is 1.11 bits per heavy atom. The molecule has 1 aliphatic carbocycles. The second kappa shape index (κ2) is 7.73. The van der Waals surface area contributed by atoms with Gasteiger partial charge in [-0.15, -0.1) is 0 Å². The summed E-state index contributed by atoms with van der Waals surface area (Å²) in [7, 11) is 0. The van der Waals surface area contributed by atoms with Crippen LogP contribution >= 0.6 is 0 Å². The molecule has 2 atom stereocenters. The molecule has 3 N–H and O–H groups in total. The van der Waals surface area contributed by atoms with Gasteiger partial charge in [0.2, 0.25) is 0 Å². The van der Waals surface area contributed by atoms with Gasteiger partial charge in [0, 0.05) is 37.5 Å².